The fraction of sp³-hybridized carbons (Fsp3) is 0.500. The van der Waals surface area contributed by atoms with E-state index < -0.39 is 21.2 Å². The normalized spacial score (nSPS) is 23.9. The minimum absolute atomic E-state index is 0.0747. The predicted octanol–water partition coefficient (Wildman–Crippen LogP) is 3.72. The largest absolute Gasteiger partial charge is 0.351 e. The first kappa shape index (κ1) is 29.7. The van der Waals surface area contributed by atoms with E-state index in [0.717, 1.165) is 36.4 Å². The van der Waals surface area contributed by atoms with Gasteiger partial charge in [-0.15, -0.1) is 5.10 Å². The smallest absolute Gasteiger partial charge is 0.286 e. The summed E-state index contributed by atoms with van der Waals surface area (Å²) < 4.78 is 44.3. The number of amides is 1. The van der Waals surface area contributed by atoms with E-state index in [1.54, 1.807) is 36.9 Å². The highest BCUT2D eigenvalue weighted by atomic mass is 32.2. The van der Waals surface area contributed by atoms with Crippen molar-refractivity contribution in [3.8, 4) is 11.3 Å². The van der Waals surface area contributed by atoms with Crippen LogP contribution in [0.1, 0.15) is 62.6 Å². The number of hydrogen-bond donors (Lipinski definition) is 1. The maximum Gasteiger partial charge on any atom is 0.286 e. The lowest BCUT2D eigenvalue weighted by Gasteiger charge is -2.56. The van der Waals surface area contributed by atoms with Crippen molar-refractivity contribution in [2.45, 2.75) is 75.5 Å². The third kappa shape index (κ3) is 5.89. The van der Waals surface area contributed by atoms with Gasteiger partial charge in [0.25, 0.3) is 5.56 Å². The number of hydrogen-bond acceptors (Lipinski definition) is 8. The van der Waals surface area contributed by atoms with Crippen molar-refractivity contribution in [1.82, 2.24) is 34.8 Å². The molecule has 3 aromatic heterocycles. The van der Waals surface area contributed by atoms with Crippen LogP contribution in [0.25, 0.3) is 22.3 Å². The van der Waals surface area contributed by atoms with Crippen LogP contribution in [0.4, 0.5) is 4.39 Å². The standard InChI is InChI=1S/C32H36FN7O4S/c1-19-8-27(24-13-25(33)30(42)40(18-24)17-20-5-6-26-28(12-20)39(2)38-37-26)35-31(34-19)45(43,44)7-3-4-29(41)36-32-14-21-9-22(15-32)11-23(10-21)16-32/h5-6,8,12-13,18,21-23H,3-4,7,9-11,14-17H2,1-2H3,(H,36,41). The van der Waals surface area contributed by atoms with Crippen LogP contribution in [-0.4, -0.2) is 55.1 Å². The number of carbonyl (C=O) groups is 1. The lowest BCUT2D eigenvalue weighted by molar-refractivity contribution is -0.126. The average Bonchev–Trinajstić information content (AvgIpc) is 3.33. The lowest BCUT2D eigenvalue weighted by Crippen LogP contribution is -2.59. The molecule has 0 saturated heterocycles. The summed E-state index contributed by atoms with van der Waals surface area (Å²) in [5.41, 5.74) is 2.07. The zero-order chi connectivity index (χ0) is 31.5. The van der Waals surface area contributed by atoms with E-state index in [0.29, 0.717) is 29.0 Å². The molecule has 1 aromatic carbocycles. The zero-order valence-electron chi connectivity index (χ0n) is 25.4. The summed E-state index contributed by atoms with van der Waals surface area (Å²) in [4.78, 5) is 34.1. The minimum Gasteiger partial charge on any atom is -0.351 e. The Labute approximate surface area is 260 Å². The topological polar surface area (TPSA) is 142 Å². The molecule has 0 atom stereocenters. The van der Waals surface area contributed by atoms with Crippen molar-refractivity contribution in [3.63, 3.8) is 0 Å². The number of aryl methyl sites for hydroxylation is 2. The Morgan fingerprint density at radius 3 is 2.49 bits per heavy atom. The number of halogens is 1. The van der Waals surface area contributed by atoms with E-state index in [1.807, 2.05) is 6.07 Å². The minimum atomic E-state index is -3.94. The number of rotatable bonds is 9. The summed E-state index contributed by atoms with van der Waals surface area (Å²) in [6.07, 6.45) is 8.65. The molecule has 4 aliphatic carbocycles. The van der Waals surface area contributed by atoms with Crippen molar-refractivity contribution in [2.24, 2.45) is 24.8 Å². The van der Waals surface area contributed by atoms with Gasteiger partial charge in [-0.1, -0.05) is 11.3 Å². The SMILES string of the molecule is Cc1cc(-c2cc(F)c(=O)n(Cc3ccc4nnn(C)c4c3)c2)nc(S(=O)(=O)CCCC(=O)NC23CC4CC(CC(C4)C2)C3)n1. The van der Waals surface area contributed by atoms with Crippen LogP contribution in [-0.2, 0) is 28.2 Å². The Balaban J connectivity index is 1.06. The fourth-order valence-corrected chi connectivity index (χ4v) is 9.42. The number of sulfone groups is 1. The van der Waals surface area contributed by atoms with E-state index in [-0.39, 0.29) is 53.0 Å². The van der Waals surface area contributed by atoms with Gasteiger partial charge in [0.15, 0.2) is 5.82 Å². The van der Waals surface area contributed by atoms with E-state index in [9.17, 15) is 22.4 Å². The second-order valence-corrected chi connectivity index (χ2v) is 15.4. The van der Waals surface area contributed by atoms with Gasteiger partial charge in [0.2, 0.25) is 20.9 Å². The van der Waals surface area contributed by atoms with Gasteiger partial charge in [-0.2, -0.15) is 0 Å². The Kier molecular flexibility index (Phi) is 7.33. The maximum absolute atomic E-state index is 14.9. The van der Waals surface area contributed by atoms with E-state index in [4.69, 9.17) is 0 Å². The maximum atomic E-state index is 14.9. The van der Waals surface area contributed by atoms with Gasteiger partial charge in [-0.05, 0) is 99.5 Å². The van der Waals surface area contributed by atoms with Crippen molar-refractivity contribution >= 4 is 26.8 Å². The summed E-state index contributed by atoms with van der Waals surface area (Å²) in [5.74, 6) is 0.725. The fourth-order valence-electron chi connectivity index (χ4n) is 8.19. The molecule has 0 aliphatic heterocycles. The second kappa shape index (κ2) is 11.1. The molecular weight excluding hydrogens is 597 g/mol. The number of benzene rings is 1. The first-order valence-electron chi connectivity index (χ1n) is 15.5. The van der Waals surface area contributed by atoms with Gasteiger partial charge in [0, 0.05) is 36.5 Å². The monoisotopic (exact) mass is 633 g/mol. The molecule has 13 heteroatoms. The molecule has 0 unspecified atom stereocenters. The first-order chi connectivity index (χ1) is 21.4. The number of fused-ring (bicyclic) bond motifs is 1. The van der Waals surface area contributed by atoms with Gasteiger partial charge in [0.05, 0.1) is 23.5 Å². The molecule has 4 bridgehead atoms. The summed E-state index contributed by atoms with van der Waals surface area (Å²) >= 11 is 0. The van der Waals surface area contributed by atoms with Crippen LogP contribution in [0.2, 0.25) is 0 Å². The highest BCUT2D eigenvalue weighted by Crippen LogP contribution is 2.55. The summed E-state index contributed by atoms with van der Waals surface area (Å²) in [6, 6.07) is 8.00. The lowest BCUT2D eigenvalue weighted by atomic mass is 9.53. The zero-order valence-corrected chi connectivity index (χ0v) is 26.2. The third-order valence-electron chi connectivity index (χ3n) is 9.74. The van der Waals surface area contributed by atoms with Gasteiger partial charge in [-0.25, -0.2) is 27.5 Å². The van der Waals surface area contributed by atoms with Crippen LogP contribution in [0, 0.1) is 30.5 Å². The van der Waals surface area contributed by atoms with Gasteiger partial charge >= 0.3 is 0 Å². The highest BCUT2D eigenvalue weighted by molar-refractivity contribution is 7.91. The van der Waals surface area contributed by atoms with Gasteiger partial charge < -0.3 is 9.88 Å². The molecule has 0 spiro atoms. The molecule has 1 amide bonds. The molecule has 236 valence electrons. The molecule has 11 nitrogen and oxygen atoms in total. The molecule has 0 radical (unpaired) electrons. The van der Waals surface area contributed by atoms with Crippen LogP contribution in [0.15, 0.2) is 46.5 Å². The average molecular weight is 634 g/mol. The quantitative estimate of drug-likeness (QED) is 0.275. The van der Waals surface area contributed by atoms with Crippen molar-refractivity contribution in [3.05, 3.63) is 64.0 Å². The molecule has 3 heterocycles. The van der Waals surface area contributed by atoms with E-state index in [2.05, 4.69) is 25.6 Å². The first-order valence-corrected chi connectivity index (χ1v) is 17.2. The molecule has 8 rings (SSSR count). The van der Waals surface area contributed by atoms with Crippen molar-refractivity contribution in [1.29, 1.82) is 0 Å². The van der Waals surface area contributed by atoms with E-state index >= 15 is 0 Å². The number of nitrogens with one attached hydrogen (secondary N) is 1. The number of aromatic nitrogens is 6. The Morgan fingerprint density at radius 1 is 1.07 bits per heavy atom. The Bertz CT molecular complexity index is 1950. The Morgan fingerprint density at radius 2 is 1.78 bits per heavy atom. The second-order valence-electron chi connectivity index (χ2n) is 13.4. The molecule has 4 aromatic rings. The number of carbonyl (C=O) groups excluding carboxylic acids is 1. The number of pyridine rings is 1. The highest BCUT2D eigenvalue weighted by Gasteiger charge is 2.51. The molecule has 1 N–H and O–H groups in total. The molecule has 4 fully saturated rings. The van der Waals surface area contributed by atoms with Crippen LogP contribution in [0.5, 0.6) is 0 Å². The van der Waals surface area contributed by atoms with Gasteiger partial charge in [0.1, 0.15) is 5.52 Å². The van der Waals surface area contributed by atoms with Crippen LogP contribution >= 0.6 is 0 Å². The Hall–Kier alpha value is -4.00. The van der Waals surface area contributed by atoms with Crippen molar-refractivity contribution in [2.75, 3.05) is 5.75 Å². The third-order valence-corrected chi connectivity index (χ3v) is 11.3. The van der Waals surface area contributed by atoms with E-state index in [1.165, 1.54) is 30.0 Å². The van der Waals surface area contributed by atoms with Crippen LogP contribution in [0.3, 0.4) is 0 Å². The van der Waals surface area contributed by atoms with Crippen LogP contribution < -0.4 is 10.9 Å². The molecular formula is C32H36FN7O4S. The molecule has 4 aliphatic rings. The predicted molar refractivity (Wildman–Crippen MR) is 164 cm³/mol. The summed E-state index contributed by atoms with van der Waals surface area (Å²) in [6.45, 7) is 1.71. The summed E-state index contributed by atoms with van der Waals surface area (Å²) in [7, 11) is -2.18. The summed E-state index contributed by atoms with van der Waals surface area (Å²) in [5, 5.41) is 11.0. The molecule has 45 heavy (non-hydrogen) atoms. The molecule has 4 saturated carbocycles. The van der Waals surface area contributed by atoms with Gasteiger partial charge in [-0.3, -0.25) is 9.59 Å². The number of nitrogens with zero attached hydrogens (tertiary/aromatic N) is 6. The van der Waals surface area contributed by atoms with Crippen molar-refractivity contribution < 1.29 is 17.6 Å².